The summed E-state index contributed by atoms with van der Waals surface area (Å²) in [6, 6.07) is 28.7. The summed E-state index contributed by atoms with van der Waals surface area (Å²) in [6.07, 6.45) is 8.76. The number of carbonyl (C=O) groups is 2. The third kappa shape index (κ3) is 5.42. The smallest absolute Gasteiger partial charge is 0.332 e. The summed E-state index contributed by atoms with van der Waals surface area (Å²) in [5, 5.41) is 22.0. The number of benzene rings is 4. The van der Waals surface area contributed by atoms with Gasteiger partial charge in [0.1, 0.15) is 11.6 Å². The van der Waals surface area contributed by atoms with Crippen LogP contribution >= 0.6 is 0 Å². The number of phenols is 1. The molecule has 1 atom stereocenters. The normalized spacial score (nSPS) is 15.1. The maximum Gasteiger partial charge on any atom is 0.332 e. The molecule has 0 amide bonds. The Bertz CT molecular complexity index is 2390. The largest absolute Gasteiger partial charge is 0.508 e. The molecule has 1 aliphatic rings. The van der Waals surface area contributed by atoms with Crippen LogP contribution < -0.4 is 5.73 Å². The number of ketones is 1. The number of hydrogen-bond acceptors (Lipinski definition) is 6. The number of pyridine rings is 1. The van der Waals surface area contributed by atoms with Gasteiger partial charge in [-0.05, 0) is 84.6 Å². The van der Waals surface area contributed by atoms with Gasteiger partial charge in [0.25, 0.3) is 0 Å². The Morgan fingerprint density at radius 2 is 1.67 bits per heavy atom. The van der Waals surface area contributed by atoms with Gasteiger partial charge in [-0.15, -0.1) is 0 Å². The van der Waals surface area contributed by atoms with Crippen LogP contribution in [0.3, 0.4) is 0 Å². The molecular weight excluding hydrogens is 614 g/mol. The Kier molecular flexibility index (Phi) is 7.49. The molecule has 0 bridgehead atoms. The fourth-order valence-corrected chi connectivity index (χ4v) is 7.34. The third-order valence-electron chi connectivity index (χ3n) is 9.95. The van der Waals surface area contributed by atoms with E-state index in [0.717, 1.165) is 64.6 Å². The standard InChI is InChI=1S/C40H35N5O4/c41-40(39(48)49,21-29-23-43-34-15-13-31(46)20-32(29)34)37(47)25-12-16-36-35(19-25)44-38(45(36)30-9-5-2-6-10-30)26-11-14-33-27(17-26)18-28(22-42-33)24-7-3-1-4-8-24/h1,3-4,7-8,11-20,22-23,30,43,46H,2,5-6,9-10,21,41H2,(H,48,49). The monoisotopic (exact) mass is 649 g/mol. The van der Waals surface area contributed by atoms with Gasteiger partial charge in [0.2, 0.25) is 0 Å². The van der Waals surface area contributed by atoms with E-state index >= 15 is 0 Å². The Morgan fingerprint density at radius 1 is 0.878 bits per heavy atom. The Balaban J connectivity index is 1.21. The molecule has 244 valence electrons. The average Bonchev–Trinajstić information content (AvgIpc) is 3.71. The molecular formula is C40H35N5O4. The molecule has 1 fully saturated rings. The van der Waals surface area contributed by atoms with Crippen molar-refractivity contribution in [2.24, 2.45) is 5.73 Å². The number of hydrogen-bond donors (Lipinski definition) is 4. The zero-order valence-corrected chi connectivity index (χ0v) is 26.8. The van der Waals surface area contributed by atoms with Crippen LogP contribution in [-0.4, -0.2) is 47.0 Å². The van der Waals surface area contributed by atoms with Crippen LogP contribution in [0.15, 0.2) is 103 Å². The van der Waals surface area contributed by atoms with Crippen LogP contribution in [0.1, 0.15) is 54.1 Å². The lowest BCUT2D eigenvalue weighted by Gasteiger charge is -2.26. The average molecular weight is 650 g/mol. The summed E-state index contributed by atoms with van der Waals surface area (Å²) < 4.78 is 2.30. The van der Waals surface area contributed by atoms with Crippen molar-refractivity contribution in [2.45, 2.75) is 50.1 Å². The van der Waals surface area contributed by atoms with E-state index in [1.807, 2.05) is 42.6 Å². The maximum atomic E-state index is 14.0. The van der Waals surface area contributed by atoms with Crippen LogP contribution in [0.25, 0.3) is 55.4 Å². The van der Waals surface area contributed by atoms with E-state index in [1.165, 1.54) is 18.6 Å². The first-order valence-electron chi connectivity index (χ1n) is 16.6. The lowest BCUT2D eigenvalue weighted by molar-refractivity contribution is -0.141. The van der Waals surface area contributed by atoms with Crippen molar-refractivity contribution in [3.05, 3.63) is 115 Å². The van der Waals surface area contributed by atoms with Crippen molar-refractivity contribution in [3.8, 4) is 28.3 Å². The lowest BCUT2D eigenvalue weighted by Crippen LogP contribution is -2.56. The first-order chi connectivity index (χ1) is 23.8. The van der Waals surface area contributed by atoms with Crippen molar-refractivity contribution in [1.29, 1.82) is 0 Å². The van der Waals surface area contributed by atoms with E-state index in [4.69, 9.17) is 15.7 Å². The lowest BCUT2D eigenvalue weighted by atomic mass is 9.84. The second kappa shape index (κ2) is 12.0. The molecule has 1 unspecified atom stereocenters. The minimum absolute atomic E-state index is 0.0340. The highest BCUT2D eigenvalue weighted by Crippen LogP contribution is 2.38. The molecule has 7 aromatic rings. The van der Waals surface area contributed by atoms with Gasteiger partial charge in [-0.25, -0.2) is 9.78 Å². The summed E-state index contributed by atoms with van der Waals surface area (Å²) >= 11 is 0. The quantitative estimate of drug-likeness (QED) is 0.0969. The molecule has 0 spiro atoms. The van der Waals surface area contributed by atoms with Gasteiger partial charge >= 0.3 is 5.97 Å². The van der Waals surface area contributed by atoms with Gasteiger partial charge in [-0.1, -0.05) is 49.6 Å². The number of nitrogens with one attached hydrogen (secondary N) is 1. The van der Waals surface area contributed by atoms with Crippen LogP contribution in [0.4, 0.5) is 0 Å². The highest BCUT2D eigenvalue weighted by Gasteiger charge is 2.43. The van der Waals surface area contributed by atoms with E-state index in [-0.39, 0.29) is 23.8 Å². The molecule has 8 rings (SSSR count). The maximum absolute atomic E-state index is 14.0. The number of fused-ring (bicyclic) bond motifs is 3. The number of aromatic amines is 1. The zero-order chi connectivity index (χ0) is 33.7. The number of nitrogens with two attached hydrogens (primary N) is 1. The molecule has 0 saturated heterocycles. The first-order valence-corrected chi connectivity index (χ1v) is 16.6. The summed E-state index contributed by atoms with van der Waals surface area (Å²) in [5.41, 5.74) is 11.1. The van der Waals surface area contributed by atoms with Gasteiger partial charge < -0.3 is 25.5 Å². The molecule has 1 saturated carbocycles. The number of nitrogens with zero attached hydrogens (tertiary/aromatic N) is 3. The molecule has 3 heterocycles. The van der Waals surface area contributed by atoms with E-state index in [0.29, 0.717) is 22.0 Å². The van der Waals surface area contributed by atoms with Crippen molar-refractivity contribution in [1.82, 2.24) is 19.5 Å². The summed E-state index contributed by atoms with van der Waals surface area (Å²) in [7, 11) is 0. The van der Waals surface area contributed by atoms with Crippen LogP contribution in [0, 0.1) is 0 Å². The number of aromatic hydroxyl groups is 1. The topological polar surface area (TPSA) is 147 Å². The van der Waals surface area contributed by atoms with Gasteiger partial charge in [0.05, 0.1) is 16.6 Å². The molecule has 9 nitrogen and oxygen atoms in total. The van der Waals surface area contributed by atoms with Crippen molar-refractivity contribution in [3.63, 3.8) is 0 Å². The fourth-order valence-electron chi connectivity index (χ4n) is 7.34. The fraction of sp³-hybridized carbons (Fsp3) is 0.200. The van der Waals surface area contributed by atoms with E-state index in [2.05, 4.69) is 33.8 Å². The zero-order valence-electron chi connectivity index (χ0n) is 26.8. The number of phenolic OH excluding ortho intramolecular Hbond substituents is 1. The molecule has 49 heavy (non-hydrogen) atoms. The van der Waals surface area contributed by atoms with Gasteiger partial charge in [-0.2, -0.15) is 0 Å². The number of carboxylic acid groups (broad SMARTS) is 1. The highest BCUT2D eigenvalue weighted by molar-refractivity contribution is 6.17. The third-order valence-corrected chi connectivity index (χ3v) is 9.95. The molecule has 0 radical (unpaired) electrons. The summed E-state index contributed by atoms with van der Waals surface area (Å²) in [5.74, 6) is -1.31. The second-order valence-corrected chi connectivity index (χ2v) is 13.1. The predicted molar refractivity (Wildman–Crippen MR) is 191 cm³/mol. The molecule has 0 aliphatic heterocycles. The van der Waals surface area contributed by atoms with E-state index in [1.54, 1.807) is 24.4 Å². The van der Waals surface area contributed by atoms with Crippen LogP contribution in [0.2, 0.25) is 0 Å². The van der Waals surface area contributed by atoms with Gasteiger partial charge in [-0.3, -0.25) is 9.78 Å². The van der Waals surface area contributed by atoms with Crippen molar-refractivity contribution < 1.29 is 19.8 Å². The molecule has 5 N–H and O–H groups in total. The number of carboxylic acids is 1. The molecule has 3 aromatic heterocycles. The molecule has 9 heteroatoms. The first kappa shape index (κ1) is 30.5. The SMILES string of the molecule is NC(Cc1c[nH]c2ccc(O)cc12)(C(=O)O)C(=O)c1ccc2c(c1)nc(-c1ccc3ncc(-c4ccccc4)cc3c1)n2C1CCCCC1. The Hall–Kier alpha value is -5.80. The Morgan fingerprint density at radius 3 is 2.47 bits per heavy atom. The number of Topliss-reactive ketones (excluding diaryl/α,β-unsaturated/α-hetero) is 1. The Labute approximate surface area is 282 Å². The van der Waals surface area contributed by atoms with Gasteiger partial charge in [0, 0.05) is 57.8 Å². The number of aliphatic carboxylic acids is 1. The van der Waals surface area contributed by atoms with Crippen molar-refractivity contribution in [2.75, 3.05) is 0 Å². The molecule has 1 aliphatic carbocycles. The second-order valence-electron chi connectivity index (χ2n) is 13.1. The van der Waals surface area contributed by atoms with E-state index < -0.39 is 17.3 Å². The van der Waals surface area contributed by atoms with Gasteiger partial charge in [0.15, 0.2) is 11.3 Å². The number of imidazole rings is 1. The van der Waals surface area contributed by atoms with Crippen LogP contribution in [0.5, 0.6) is 5.75 Å². The number of H-pyrrole nitrogens is 1. The van der Waals surface area contributed by atoms with Crippen LogP contribution in [-0.2, 0) is 11.2 Å². The summed E-state index contributed by atoms with van der Waals surface area (Å²) in [4.78, 5) is 39.6. The summed E-state index contributed by atoms with van der Waals surface area (Å²) in [6.45, 7) is 0. The minimum atomic E-state index is -2.25. The number of carbonyl (C=O) groups excluding carboxylic acids is 1. The van der Waals surface area contributed by atoms with E-state index in [9.17, 15) is 19.8 Å². The number of rotatable bonds is 8. The highest BCUT2D eigenvalue weighted by atomic mass is 16.4. The molecule has 4 aromatic carbocycles. The minimum Gasteiger partial charge on any atom is -0.508 e. The number of aromatic nitrogens is 4. The predicted octanol–water partition coefficient (Wildman–Crippen LogP) is 7.82. The van der Waals surface area contributed by atoms with Crippen molar-refractivity contribution >= 4 is 44.6 Å².